The van der Waals surface area contributed by atoms with Gasteiger partial charge in [0.2, 0.25) is 0 Å². The van der Waals surface area contributed by atoms with Crippen molar-refractivity contribution in [2.45, 2.75) is 32.7 Å². The number of hydrogen-bond donors (Lipinski definition) is 3. The zero-order valence-electron chi connectivity index (χ0n) is 9.83. The summed E-state index contributed by atoms with van der Waals surface area (Å²) in [6.07, 6.45) is 0.231. The average Bonchev–Trinajstić information content (AvgIpc) is 2.24. The quantitative estimate of drug-likeness (QED) is 0.774. The standard InChI is InChI=1S/C12H16ClNO3/c1-6-5-8(13)7(2)11(12(6)17)9(14)3-4-10(15)16/h5,9,17H,3-4,14H2,1-2H3,(H,15,16). The van der Waals surface area contributed by atoms with Crippen molar-refractivity contribution in [2.24, 2.45) is 5.73 Å². The SMILES string of the molecule is Cc1cc(Cl)c(C)c(C(N)CCC(=O)O)c1O. The zero-order valence-corrected chi connectivity index (χ0v) is 10.6. The van der Waals surface area contributed by atoms with Crippen LogP contribution in [-0.4, -0.2) is 16.2 Å². The summed E-state index contributed by atoms with van der Waals surface area (Å²) >= 11 is 6.01. The van der Waals surface area contributed by atoms with Crippen LogP contribution in [-0.2, 0) is 4.79 Å². The number of aromatic hydroxyl groups is 1. The monoisotopic (exact) mass is 257 g/mol. The number of benzene rings is 1. The van der Waals surface area contributed by atoms with Crippen LogP contribution in [0, 0.1) is 13.8 Å². The molecule has 4 nitrogen and oxygen atoms in total. The Kier molecular flexibility index (Phi) is 4.37. The van der Waals surface area contributed by atoms with E-state index in [-0.39, 0.29) is 18.6 Å². The van der Waals surface area contributed by atoms with E-state index in [1.165, 1.54) is 0 Å². The highest BCUT2D eigenvalue weighted by atomic mass is 35.5. The van der Waals surface area contributed by atoms with Gasteiger partial charge in [0.05, 0.1) is 0 Å². The first-order valence-electron chi connectivity index (χ1n) is 5.30. The summed E-state index contributed by atoms with van der Waals surface area (Å²) in [6, 6.07) is 1.14. The van der Waals surface area contributed by atoms with Crippen LogP contribution in [0.2, 0.25) is 5.02 Å². The van der Waals surface area contributed by atoms with Gasteiger partial charge in [-0.3, -0.25) is 4.79 Å². The molecule has 4 N–H and O–H groups in total. The molecule has 0 aromatic heterocycles. The molecule has 1 rings (SSSR count). The molecule has 0 radical (unpaired) electrons. The van der Waals surface area contributed by atoms with Crippen LogP contribution < -0.4 is 5.73 Å². The van der Waals surface area contributed by atoms with E-state index in [1.54, 1.807) is 19.9 Å². The van der Waals surface area contributed by atoms with Gasteiger partial charge in [-0.15, -0.1) is 0 Å². The topological polar surface area (TPSA) is 83.6 Å². The lowest BCUT2D eigenvalue weighted by Gasteiger charge is -2.18. The second-order valence-corrected chi connectivity index (χ2v) is 4.51. The fraction of sp³-hybridized carbons (Fsp3) is 0.417. The van der Waals surface area contributed by atoms with Gasteiger partial charge >= 0.3 is 5.97 Å². The summed E-state index contributed by atoms with van der Waals surface area (Å²) in [5, 5.41) is 19.1. The van der Waals surface area contributed by atoms with E-state index in [1.807, 2.05) is 0 Å². The van der Waals surface area contributed by atoms with Gasteiger partial charge in [-0.25, -0.2) is 0 Å². The van der Waals surface area contributed by atoms with Crippen molar-refractivity contribution in [1.82, 2.24) is 0 Å². The van der Waals surface area contributed by atoms with Crippen molar-refractivity contribution in [2.75, 3.05) is 0 Å². The van der Waals surface area contributed by atoms with E-state index in [4.69, 9.17) is 22.4 Å². The molecule has 17 heavy (non-hydrogen) atoms. The third kappa shape index (κ3) is 3.11. The molecule has 1 aromatic rings. The highest BCUT2D eigenvalue weighted by molar-refractivity contribution is 6.31. The first kappa shape index (κ1) is 13.8. The predicted molar refractivity (Wildman–Crippen MR) is 66.4 cm³/mol. The third-order valence-electron chi connectivity index (χ3n) is 2.77. The molecule has 0 heterocycles. The molecule has 1 aromatic carbocycles. The lowest BCUT2D eigenvalue weighted by atomic mass is 9.95. The van der Waals surface area contributed by atoms with Crippen LogP contribution in [0.4, 0.5) is 0 Å². The van der Waals surface area contributed by atoms with Gasteiger partial charge in [-0.1, -0.05) is 11.6 Å². The molecule has 0 aliphatic rings. The molecule has 0 saturated heterocycles. The number of carboxylic acids is 1. The van der Waals surface area contributed by atoms with Gasteiger partial charge < -0.3 is 15.9 Å². The summed E-state index contributed by atoms with van der Waals surface area (Å²) in [4.78, 5) is 10.5. The Labute approximate surface area is 105 Å². The normalized spacial score (nSPS) is 12.5. The lowest BCUT2D eigenvalue weighted by molar-refractivity contribution is -0.137. The molecule has 5 heteroatoms. The van der Waals surface area contributed by atoms with E-state index in [0.29, 0.717) is 21.7 Å². The van der Waals surface area contributed by atoms with Crippen molar-refractivity contribution >= 4 is 17.6 Å². The summed E-state index contributed by atoms with van der Waals surface area (Å²) in [7, 11) is 0. The number of phenolic OH excluding ortho intramolecular Hbond substituents is 1. The highest BCUT2D eigenvalue weighted by Crippen LogP contribution is 2.35. The molecule has 1 atom stereocenters. The van der Waals surface area contributed by atoms with E-state index in [2.05, 4.69) is 0 Å². The third-order valence-corrected chi connectivity index (χ3v) is 3.17. The summed E-state index contributed by atoms with van der Waals surface area (Å²) in [6.45, 7) is 3.49. The second kappa shape index (κ2) is 5.38. The number of carboxylic acid groups (broad SMARTS) is 1. The van der Waals surface area contributed by atoms with Crippen molar-refractivity contribution in [3.05, 3.63) is 27.8 Å². The van der Waals surface area contributed by atoms with Crippen LogP contribution >= 0.6 is 11.6 Å². The Balaban J connectivity index is 3.07. The lowest BCUT2D eigenvalue weighted by Crippen LogP contribution is -2.14. The number of aliphatic carboxylic acids is 1. The molecule has 1 unspecified atom stereocenters. The molecule has 0 fully saturated rings. The molecule has 0 spiro atoms. The highest BCUT2D eigenvalue weighted by Gasteiger charge is 2.18. The van der Waals surface area contributed by atoms with Crippen LogP contribution in [0.3, 0.4) is 0 Å². The number of phenols is 1. The minimum absolute atomic E-state index is 0.0361. The van der Waals surface area contributed by atoms with Gasteiger partial charge in [-0.05, 0) is 37.5 Å². The number of aryl methyl sites for hydroxylation is 1. The van der Waals surface area contributed by atoms with Gasteiger partial charge in [0.25, 0.3) is 0 Å². The largest absolute Gasteiger partial charge is 0.507 e. The predicted octanol–water partition coefficient (Wildman–Crippen LogP) is 2.53. The van der Waals surface area contributed by atoms with E-state index >= 15 is 0 Å². The van der Waals surface area contributed by atoms with Crippen molar-refractivity contribution in [3.63, 3.8) is 0 Å². The molecular formula is C12H16ClNO3. The van der Waals surface area contributed by atoms with Gasteiger partial charge in [-0.2, -0.15) is 0 Å². The first-order chi connectivity index (χ1) is 7.84. The van der Waals surface area contributed by atoms with E-state index < -0.39 is 12.0 Å². The van der Waals surface area contributed by atoms with Crippen molar-refractivity contribution in [1.29, 1.82) is 0 Å². The molecule has 0 saturated carbocycles. The van der Waals surface area contributed by atoms with Crippen LogP contribution in [0.1, 0.15) is 35.6 Å². The average molecular weight is 258 g/mol. The fourth-order valence-electron chi connectivity index (χ4n) is 1.76. The summed E-state index contributed by atoms with van der Waals surface area (Å²) in [5.41, 5.74) is 7.78. The maximum atomic E-state index is 10.5. The smallest absolute Gasteiger partial charge is 0.303 e. The number of carbonyl (C=O) groups is 1. The van der Waals surface area contributed by atoms with Crippen LogP contribution in [0.15, 0.2) is 6.07 Å². The number of hydrogen-bond acceptors (Lipinski definition) is 3. The van der Waals surface area contributed by atoms with Gasteiger partial charge in [0.1, 0.15) is 5.75 Å². The molecule has 0 amide bonds. The maximum Gasteiger partial charge on any atom is 0.303 e. The number of rotatable bonds is 4. The Bertz CT molecular complexity index is 420. The fourth-order valence-corrected chi connectivity index (χ4v) is 2.03. The molecule has 94 valence electrons. The number of nitrogens with two attached hydrogens (primary N) is 1. The Morgan fingerprint density at radius 2 is 2.12 bits per heavy atom. The van der Waals surface area contributed by atoms with E-state index in [0.717, 1.165) is 0 Å². The summed E-state index contributed by atoms with van der Waals surface area (Å²) in [5.74, 6) is -0.805. The summed E-state index contributed by atoms with van der Waals surface area (Å²) < 4.78 is 0. The van der Waals surface area contributed by atoms with Crippen LogP contribution in [0.5, 0.6) is 5.75 Å². The minimum Gasteiger partial charge on any atom is -0.507 e. The molecule has 0 aliphatic carbocycles. The maximum absolute atomic E-state index is 10.5. The van der Waals surface area contributed by atoms with Crippen molar-refractivity contribution < 1.29 is 15.0 Å². The van der Waals surface area contributed by atoms with Gasteiger partial charge in [0.15, 0.2) is 0 Å². The van der Waals surface area contributed by atoms with E-state index in [9.17, 15) is 9.90 Å². The number of halogens is 1. The Morgan fingerprint density at radius 3 is 2.65 bits per heavy atom. The molecule has 0 aliphatic heterocycles. The molecular weight excluding hydrogens is 242 g/mol. The Morgan fingerprint density at radius 1 is 1.53 bits per heavy atom. The second-order valence-electron chi connectivity index (χ2n) is 4.10. The minimum atomic E-state index is -0.906. The Hall–Kier alpha value is -1.26. The zero-order chi connectivity index (χ0) is 13.2. The van der Waals surface area contributed by atoms with Crippen LogP contribution in [0.25, 0.3) is 0 Å². The van der Waals surface area contributed by atoms with Gasteiger partial charge in [0, 0.05) is 23.0 Å². The van der Waals surface area contributed by atoms with Crippen molar-refractivity contribution in [3.8, 4) is 5.75 Å². The first-order valence-corrected chi connectivity index (χ1v) is 5.68. The molecule has 0 bridgehead atoms.